The van der Waals surface area contributed by atoms with Gasteiger partial charge in [-0.15, -0.1) is 0 Å². The zero-order valence-corrected chi connectivity index (χ0v) is 14.2. The first-order valence-corrected chi connectivity index (χ1v) is 8.39. The van der Waals surface area contributed by atoms with E-state index in [4.69, 9.17) is 0 Å². The summed E-state index contributed by atoms with van der Waals surface area (Å²) in [5.74, 6) is -0.730. The van der Waals surface area contributed by atoms with Crippen LogP contribution < -0.4 is 4.90 Å². The molecule has 128 valence electrons. The maximum atomic E-state index is 12.8. The second kappa shape index (κ2) is 6.24. The Morgan fingerprint density at radius 3 is 2.00 bits per heavy atom. The number of fused-ring (bicyclic) bond motifs is 1. The number of benzene rings is 3. The smallest absolute Gasteiger partial charge is 0.266 e. The number of nitrogens with zero attached hydrogens (tertiary/aromatic N) is 1. The lowest BCUT2D eigenvalue weighted by atomic mass is 9.97. The summed E-state index contributed by atoms with van der Waals surface area (Å²) in [6.07, 6.45) is -0.935. The Morgan fingerprint density at radius 2 is 1.38 bits per heavy atom. The van der Waals surface area contributed by atoms with Crippen LogP contribution in [-0.2, 0) is 0 Å². The first-order chi connectivity index (χ1) is 12.6. The van der Waals surface area contributed by atoms with Crippen LogP contribution in [0.1, 0.15) is 43.5 Å². The summed E-state index contributed by atoms with van der Waals surface area (Å²) >= 11 is 0. The Morgan fingerprint density at radius 1 is 0.808 bits per heavy atom. The van der Waals surface area contributed by atoms with Crippen LogP contribution in [0.2, 0.25) is 0 Å². The molecule has 26 heavy (non-hydrogen) atoms. The van der Waals surface area contributed by atoms with E-state index in [1.165, 1.54) is 0 Å². The second-order valence-electron chi connectivity index (χ2n) is 6.37. The van der Waals surface area contributed by atoms with Crippen LogP contribution in [0, 0.1) is 6.92 Å². The van der Waals surface area contributed by atoms with E-state index in [2.05, 4.69) is 0 Å². The van der Waals surface area contributed by atoms with Crippen molar-refractivity contribution >= 4 is 17.5 Å². The molecule has 1 aliphatic heterocycles. The number of rotatable bonds is 3. The number of aryl methyl sites for hydroxylation is 1. The van der Waals surface area contributed by atoms with Crippen molar-refractivity contribution < 1.29 is 14.7 Å². The lowest BCUT2D eigenvalue weighted by Crippen LogP contribution is -2.30. The minimum atomic E-state index is -0.935. The molecule has 3 aromatic carbocycles. The third-order valence-corrected chi connectivity index (χ3v) is 4.63. The SMILES string of the molecule is Cc1ccc(N2C(=O)c3ccccc3C2=O)c(C(O)c2ccccc2)c1. The molecule has 0 aliphatic carbocycles. The third-order valence-electron chi connectivity index (χ3n) is 4.63. The fourth-order valence-corrected chi connectivity index (χ4v) is 3.32. The number of aliphatic hydroxyl groups is 1. The molecule has 3 aromatic rings. The summed E-state index contributed by atoms with van der Waals surface area (Å²) in [6, 6.07) is 21.3. The van der Waals surface area contributed by atoms with Crippen molar-refractivity contribution in [2.75, 3.05) is 4.90 Å². The predicted molar refractivity (Wildman–Crippen MR) is 99.3 cm³/mol. The standard InChI is InChI=1S/C22H17NO3/c1-14-11-12-19(18(13-14)20(24)15-7-3-2-4-8-15)23-21(25)16-9-5-6-10-17(16)22(23)26/h2-13,20,24H,1H3. The maximum Gasteiger partial charge on any atom is 0.266 e. The van der Waals surface area contributed by atoms with Crippen LogP contribution >= 0.6 is 0 Å². The van der Waals surface area contributed by atoms with Gasteiger partial charge in [-0.1, -0.05) is 60.2 Å². The van der Waals surface area contributed by atoms with Crippen LogP contribution in [0.5, 0.6) is 0 Å². The van der Waals surface area contributed by atoms with Crippen molar-refractivity contribution in [3.8, 4) is 0 Å². The molecule has 2 amide bonds. The van der Waals surface area contributed by atoms with Gasteiger partial charge >= 0.3 is 0 Å². The van der Waals surface area contributed by atoms with Gasteiger partial charge in [0.25, 0.3) is 11.8 Å². The highest BCUT2D eigenvalue weighted by Crippen LogP contribution is 2.36. The van der Waals surface area contributed by atoms with Crippen LogP contribution in [0.3, 0.4) is 0 Å². The van der Waals surface area contributed by atoms with E-state index in [9.17, 15) is 14.7 Å². The number of aliphatic hydroxyl groups excluding tert-OH is 1. The van der Waals surface area contributed by atoms with E-state index < -0.39 is 6.10 Å². The molecule has 0 radical (unpaired) electrons. The molecular formula is C22H17NO3. The quantitative estimate of drug-likeness (QED) is 0.734. The zero-order chi connectivity index (χ0) is 18.3. The van der Waals surface area contributed by atoms with Crippen LogP contribution in [-0.4, -0.2) is 16.9 Å². The van der Waals surface area contributed by atoms with Gasteiger partial charge in [0.1, 0.15) is 6.10 Å². The molecular weight excluding hydrogens is 326 g/mol. The van der Waals surface area contributed by atoms with Crippen molar-refractivity contribution in [1.82, 2.24) is 0 Å². The Bertz CT molecular complexity index is 976. The number of anilines is 1. The van der Waals surface area contributed by atoms with E-state index in [-0.39, 0.29) is 11.8 Å². The first kappa shape index (κ1) is 16.2. The number of carbonyl (C=O) groups excluding carboxylic acids is 2. The fourth-order valence-electron chi connectivity index (χ4n) is 3.32. The second-order valence-corrected chi connectivity index (χ2v) is 6.37. The van der Waals surface area contributed by atoms with Crippen molar-refractivity contribution in [2.45, 2.75) is 13.0 Å². The predicted octanol–water partition coefficient (Wildman–Crippen LogP) is 3.88. The van der Waals surface area contributed by atoms with Crippen LogP contribution in [0.25, 0.3) is 0 Å². The molecule has 1 N–H and O–H groups in total. The molecule has 4 nitrogen and oxygen atoms in total. The van der Waals surface area contributed by atoms with Gasteiger partial charge in [0, 0.05) is 5.56 Å². The molecule has 0 aromatic heterocycles. The first-order valence-electron chi connectivity index (χ1n) is 8.39. The normalized spacial score (nSPS) is 14.5. The van der Waals surface area contributed by atoms with E-state index in [1.54, 1.807) is 30.3 Å². The molecule has 4 heteroatoms. The summed E-state index contributed by atoms with van der Waals surface area (Å²) in [7, 11) is 0. The molecule has 1 aliphatic rings. The van der Waals surface area contributed by atoms with Crippen LogP contribution in [0.15, 0.2) is 72.8 Å². The summed E-state index contributed by atoms with van der Waals surface area (Å²) in [6.45, 7) is 1.91. The lowest BCUT2D eigenvalue weighted by Gasteiger charge is -2.22. The van der Waals surface area contributed by atoms with Crippen LogP contribution in [0.4, 0.5) is 5.69 Å². The van der Waals surface area contributed by atoms with E-state index in [0.29, 0.717) is 27.9 Å². The van der Waals surface area contributed by atoms with Crippen molar-refractivity contribution in [1.29, 1.82) is 0 Å². The van der Waals surface area contributed by atoms with Crippen molar-refractivity contribution in [3.63, 3.8) is 0 Å². The molecule has 4 rings (SSSR count). The molecule has 0 spiro atoms. The summed E-state index contributed by atoms with van der Waals surface area (Å²) in [4.78, 5) is 26.8. The van der Waals surface area contributed by atoms with Gasteiger partial charge in [-0.2, -0.15) is 0 Å². The average molecular weight is 343 g/mol. The molecule has 1 heterocycles. The van der Waals surface area contributed by atoms with Gasteiger partial charge in [-0.3, -0.25) is 9.59 Å². The van der Waals surface area contributed by atoms with E-state index >= 15 is 0 Å². The molecule has 0 saturated heterocycles. The number of imide groups is 1. The van der Waals surface area contributed by atoms with E-state index in [0.717, 1.165) is 10.5 Å². The van der Waals surface area contributed by atoms with Crippen molar-refractivity contribution in [3.05, 3.63) is 101 Å². The largest absolute Gasteiger partial charge is 0.384 e. The van der Waals surface area contributed by atoms with E-state index in [1.807, 2.05) is 49.4 Å². The monoisotopic (exact) mass is 343 g/mol. The lowest BCUT2D eigenvalue weighted by molar-refractivity contribution is 0.0925. The van der Waals surface area contributed by atoms with Gasteiger partial charge in [-0.05, 0) is 30.7 Å². The topological polar surface area (TPSA) is 57.6 Å². The minimum Gasteiger partial charge on any atom is -0.384 e. The number of amides is 2. The summed E-state index contributed by atoms with van der Waals surface area (Å²) < 4.78 is 0. The van der Waals surface area contributed by atoms with Crippen molar-refractivity contribution in [2.24, 2.45) is 0 Å². The van der Waals surface area contributed by atoms with Gasteiger partial charge < -0.3 is 5.11 Å². The molecule has 1 unspecified atom stereocenters. The Kier molecular flexibility index (Phi) is 3.90. The Hall–Kier alpha value is -3.24. The minimum absolute atomic E-state index is 0.365. The third kappa shape index (κ3) is 2.52. The highest BCUT2D eigenvalue weighted by atomic mass is 16.3. The van der Waals surface area contributed by atoms with Gasteiger partial charge in [-0.25, -0.2) is 4.90 Å². The Labute approximate surface area is 151 Å². The number of hydrogen-bond donors (Lipinski definition) is 1. The summed E-state index contributed by atoms with van der Waals surface area (Å²) in [5.41, 5.74) is 3.37. The molecule has 0 saturated carbocycles. The van der Waals surface area contributed by atoms with Gasteiger partial charge in [0.15, 0.2) is 0 Å². The molecule has 0 bridgehead atoms. The zero-order valence-electron chi connectivity index (χ0n) is 14.2. The fraction of sp³-hybridized carbons (Fsp3) is 0.0909. The molecule has 0 fully saturated rings. The highest BCUT2D eigenvalue weighted by molar-refractivity contribution is 6.34. The Balaban J connectivity index is 1.84. The van der Waals surface area contributed by atoms with Gasteiger partial charge in [0.2, 0.25) is 0 Å². The highest BCUT2D eigenvalue weighted by Gasteiger charge is 2.38. The van der Waals surface area contributed by atoms with Gasteiger partial charge in [0.05, 0.1) is 16.8 Å². The number of carbonyl (C=O) groups is 2. The number of hydrogen-bond acceptors (Lipinski definition) is 3. The maximum absolute atomic E-state index is 12.8. The molecule has 1 atom stereocenters. The summed E-state index contributed by atoms with van der Waals surface area (Å²) in [5, 5.41) is 10.9. The average Bonchev–Trinajstić information content (AvgIpc) is 2.93.